The number of carbonyl (C=O) groups excluding carboxylic acids is 1. The van der Waals surface area contributed by atoms with Gasteiger partial charge in [0.15, 0.2) is 0 Å². The first-order valence-electron chi connectivity index (χ1n) is 7.66. The maximum atomic E-state index is 12.0. The summed E-state index contributed by atoms with van der Waals surface area (Å²) in [5, 5.41) is 7.53. The Bertz CT molecular complexity index is 887. The highest BCUT2D eigenvalue weighted by Gasteiger charge is 2.19. The quantitative estimate of drug-likeness (QED) is 0.742. The van der Waals surface area contributed by atoms with Crippen molar-refractivity contribution in [2.24, 2.45) is 5.73 Å². The second kappa shape index (κ2) is 5.89. The summed E-state index contributed by atoms with van der Waals surface area (Å²) in [6.45, 7) is 2.70. The van der Waals surface area contributed by atoms with Crippen LogP contribution >= 0.6 is 0 Å². The molecule has 1 aliphatic rings. The molecule has 4 rings (SSSR count). The molecule has 8 nitrogen and oxygen atoms in total. The molecule has 0 spiro atoms. The zero-order valence-electron chi connectivity index (χ0n) is 12.9. The van der Waals surface area contributed by atoms with Gasteiger partial charge in [-0.05, 0) is 18.2 Å². The van der Waals surface area contributed by atoms with Crippen LogP contribution in [0, 0.1) is 0 Å². The second-order valence-electron chi connectivity index (χ2n) is 5.52. The molecule has 24 heavy (non-hydrogen) atoms. The van der Waals surface area contributed by atoms with Crippen molar-refractivity contribution in [3.05, 3.63) is 36.2 Å². The Morgan fingerprint density at radius 2 is 2.08 bits per heavy atom. The molecule has 1 fully saturated rings. The van der Waals surface area contributed by atoms with Crippen LogP contribution in [0.2, 0.25) is 0 Å². The number of pyridine rings is 2. The monoisotopic (exact) mass is 324 g/mol. The lowest BCUT2D eigenvalue weighted by Crippen LogP contribution is -2.37. The molecule has 8 heteroatoms. The number of carbonyl (C=O) groups is 1. The lowest BCUT2D eigenvalue weighted by Gasteiger charge is -2.28. The minimum Gasteiger partial charge on any atom is -0.378 e. The normalized spacial score (nSPS) is 14.9. The lowest BCUT2D eigenvalue weighted by atomic mass is 10.1. The van der Waals surface area contributed by atoms with Crippen LogP contribution in [0.25, 0.3) is 22.3 Å². The third-order valence-electron chi connectivity index (χ3n) is 4.07. The van der Waals surface area contributed by atoms with Crippen LogP contribution in [0.5, 0.6) is 0 Å². The van der Waals surface area contributed by atoms with Gasteiger partial charge < -0.3 is 15.4 Å². The van der Waals surface area contributed by atoms with Crippen LogP contribution in [0.1, 0.15) is 10.4 Å². The van der Waals surface area contributed by atoms with Gasteiger partial charge in [-0.15, -0.1) is 0 Å². The van der Waals surface area contributed by atoms with Gasteiger partial charge in [0, 0.05) is 30.9 Å². The van der Waals surface area contributed by atoms with Crippen LogP contribution in [0.4, 0.5) is 5.82 Å². The van der Waals surface area contributed by atoms with Crippen molar-refractivity contribution in [3.63, 3.8) is 0 Å². The summed E-state index contributed by atoms with van der Waals surface area (Å²) in [7, 11) is 0. The van der Waals surface area contributed by atoms with Gasteiger partial charge in [0.2, 0.25) is 5.91 Å². The number of H-pyrrole nitrogens is 1. The molecule has 4 heterocycles. The molecular weight excluding hydrogens is 308 g/mol. The van der Waals surface area contributed by atoms with E-state index in [1.807, 2.05) is 6.07 Å². The molecule has 3 N–H and O–H groups in total. The summed E-state index contributed by atoms with van der Waals surface area (Å²) in [4.78, 5) is 23.2. The highest BCUT2D eigenvalue weighted by Crippen LogP contribution is 2.29. The Labute approximate surface area is 137 Å². The van der Waals surface area contributed by atoms with Crippen LogP contribution in [-0.4, -0.2) is 52.4 Å². The standard InChI is InChI=1S/C16H16N6O2/c17-16(23)11-9-13(22-5-7-24-8-6-22)20-14-10(11)1-3-18-15(14)12-2-4-19-21-12/h1-4,9H,5-8H2,(H2,17,23)(H,19,21). The Morgan fingerprint density at radius 1 is 1.25 bits per heavy atom. The SMILES string of the molecule is NC(=O)c1cc(N2CCOCC2)nc2c(-c3ccn[nH]3)nccc12. The first-order valence-corrected chi connectivity index (χ1v) is 7.66. The van der Waals surface area contributed by atoms with Crippen molar-refractivity contribution < 1.29 is 9.53 Å². The van der Waals surface area contributed by atoms with E-state index in [4.69, 9.17) is 15.5 Å². The molecule has 3 aromatic rings. The molecule has 0 aliphatic carbocycles. The van der Waals surface area contributed by atoms with Crippen LogP contribution in [0.3, 0.4) is 0 Å². The highest BCUT2D eigenvalue weighted by atomic mass is 16.5. The fraction of sp³-hybridized carbons (Fsp3) is 0.250. The smallest absolute Gasteiger partial charge is 0.249 e. The van der Waals surface area contributed by atoms with Crippen LogP contribution in [-0.2, 0) is 4.74 Å². The van der Waals surface area contributed by atoms with Crippen molar-refractivity contribution in [1.82, 2.24) is 20.2 Å². The number of hydrogen-bond acceptors (Lipinski definition) is 6. The minimum atomic E-state index is -0.487. The molecule has 122 valence electrons. The van der Waals surface area contributed by atoms with Gasteiger partial charge in [-0.3, -0.25) is 14.9 Å². The van der Waals surface area contributed by atoms with E-state index in [0.717, 1.165) is 18.8 Å². The van der Waals surface area contributed by atoms with Crippen molar-refractivity contribution >= 4 is 22.6 Å². The highest BCUT2D eigenvalue weighted by molar-refractivity contribution is 6.08. The molecule has 0 saturated carbocycles. The van der Waals surface area contributed by atoms with E-state index < -0.39 is 5.91 Å². The number of hydrogen-bond donors (Lipinski definition) is 2. The number of rotatable bonds is 3. The van der Waals surface area contributed by atoms with E-state index in [1.54, 1.807) is 24.5 Å². The van der Waals surface area contributed by atoms with Gasteiger partial charge in [-0.1, -0.05) is 0 Å². The van der Waals surface area contributed by atoms with E-state index in [0.29, 0.717) is 41.2 Å². The second-order valence-corrected chi connectivity index (χ2v) is 5.52. The first-order chi connectivity index (χ1) is 11.7. The average Bonchev–Trinajstić information content (AvgIpc) is 3.15. The Balaban J connectivity index is 1.95. The van der Waals surface area contributed by atoms with Gasteiger partial charge in [-0.2, -0.15) is 5.10 Å². The number of aromatic amines is 1. The zero-order chi connectivity index (χ0) is 16.5. The van der Waals surface area contributed by atoms with Gasteiger partial charge >= 0.3 is 0 Å². The predicted molar refractivity (Wildman–Crippen MR) is 88.7 cm³/mol. The van der Waals surface area contributed by atoms with Crippen molar-refractivity contribution in [2.45, 2.75) is 0 Å². The summed E-state index contributed by atoms with van der Waals surface area (Å²) in [5.74, 6) is 0.215. The number of primary amides is 1. The number of nitrogens with zero attached hydrogens (tertiary/aromatic N) is 4. The maximum absolute atomic E-state index is 12.0. The summed E-state index contributed by atoms with van der Waals surface area (Å²) in [6.07, 6.45) is 3.29. The number of ether oxygens (including phenoxy) is 1. The Kier molecular flexibility index (Phi) is 3.58. The molecular formula is C16H16N6O2. The number of fused-ring (bicyclic) bond motifs is 1. The molecule has 1 saturated heterocycles. The number of anilines is 1. The van der Waals surface area contributed by atoms with Crippen LogP contribution < -0.4 is 10.6 Å². The number of aromatic nitrogens is 4. The fourth-order valence-electron chi connectivity index (χ4n) is 2.88. The molecule has 0 bridgehead atoms. The molecule has 0 atom stereocenters. The van der Waals surface area contributed by atoms with Crippen LogP contribution in [0.15, 0.2) is 30.6 Å². The molecule has 0 radical (unpaired) electrons. The third kappa shape index (κ3) is 2.46. The average molecular weight is 324 g/mol. The minimum absolute atomic E-state index is 0.435. The molecule has 0 aromatic carbocycles. The van der Waals surface area contributed by atoms with E-state index >= 15 is 0 Å². The predicted octanol–water partition coefficient (Wildman–Crippen LogP) is 0.955. The lowest BCUT2D eigenvalue weighted by molar-refractivity contribution is 0.100. The van der Waals surface area contributed by atoms with Gasteiger partial charge in [-0.25, -0.2) is 4.98 Å². The number of morpholine rings is 1. The topological polar surface area (TPSA) is 110 Å². The fourth-order valence-corrected chi connectivity index (χ4v) is 2.88. The van der Waals surface area contributed by atoms with Gasteiger partial charge in [0.05, 0.1) is 24.5 Å². The molecule has 1 amide bonds. The summed E-state index contributed by atoms with van der Waals surface area (Å²) >= 11 is 0. The van der Waals surface area contributed by atoms with E-state index in [-0.39, 0.29) is 0 Å². The number of amides is 1. The van der Waals surface area contributed by atoms with Gasteiger partial charge in [0.25, 0.3) is 0 Å². The molecule has 0 unspecified atom stereocenters. The molecule has 1 aliphatic heterocycles. The van der Waals surface area contributed by atoms with Gasteiger partial charge in [0.1, 0.15) is 17.0 Å². The molecule has 3 aromatic heterocycles. The summed E-state index contributed by atoms with van der Waals surface area (Å²) < 4.78 is 5.38. The summed E-state index contributed by atoms with van der Waals surface area (Å²) in [6, 6.07) is 5.31. The maximum Gasteiger partial charge on any atom is 0.249 e. The third-order valence-corrected chi connectivity index (χ3v) is 4.07. The Morgan fingerprint density at radius 3 is 2.79 bits per heavy atom. The van der Waals surface area contributed by atoms with E-state index in [1.165, 1.54) is 0 Å². The van der Waals surface area contributed by atoms with E-state index in [9.17, 15) is 4.79 Å². The van der Waals surface area contributed by atoms with Crippen molar-refractivity contribution in [1.29, 1.82) is 0 Å². The van der Waals surface area contributed by atoms with Crippen molar-refractivity contribution in [3.8, 4) is 11.4 Å². The van der Waals surface area contributed by atoms with E-state index in [2.05, 4.69) is 20.1 Å². The summed E-state index contributed by atoms with van der Waals surface area (Å²) in [5.41, 5.74) is 8.04. The number of nitrogens with one attached hydrogen (secondary N) is 1. The number of nitrogens with two attached hydrogens (primary N) is 1. The Hall–Kier alpha value is -3.00. The largest absolute Gasteiger partial charge is 0.378 e. The zero-order valence-corrected chi connectivity index (χ0v) is 12.9. The first kappa shape index (κ1) is 14.6. The van der Waals surface area contributed by atoms with Crippen molar-refractivity contribution in [2.75, 3.05) is 31.2 Å².